The van der Waals surface area contributed by atoms with Crippen LogP contribution in [0.2, 0.25) is 0 Å². The lowest BCUT2D eigenvalue weighted by atomic mass is 10.3. The van der Waals surface area contributed by atoms with Crippen molar-refractivity contribution in [1.29, 1.82) is 0 Å². The van der Waals surface area contributed by atoms with E-state index < -0.39 is 5.91 Å². The van der Waals surface area contributed by atoms with Crippen LogP contribution in [0.25, 0.3) is 0 Å². The Morgan fingerprint density at radius 3 is 2.59 bits per heavy atom. The van der Waals surface area contributed by atoms with Gasteiger partial charge in [0.25, 0.3) is 11.8 Å². The quantitative estimate of drug-likeness (QED) is 0.840. The maximum Gasteiger partial charge on any atom is 0.273 e. The number of aromatic nitrogens is 2. The van der Waals surface area contributed by atoms with Crippen LogP contribution in [0, 0.1) is 6.92 Å². The average Bonchev–Trinajstić information content (AvgIpc) is 2.87. The maximum atomic E-state index is 12.2. The molecule has 3 N–H and O–H groups in total. The molecule has 2 amide bonds. The number of hydrogen-bond acceptors (Lipinski definition) is 4. The molecule has 1 aromatic heterocycles. The summed E-state index contributed by atoms with van der Waals surface area (Å²) in [5.41, 5.74) is 6.93. The minimum absolute atomic E-state index is 0.180. The van der Waals surface area contributed by atoms with Gasteiger partial charge in [0.1, 0.15) is 11.4 Å². The van der Waals surface area contributed by atoms with Gasteiger partial charge in [-0.25, -0.2) is 0 Å². The second kappa shape index (κ2) is 6.75. The fourth-order valence-corrected chi connectivity index (χ4v) is 1.95. The second-order valence-corrected chi connectivity index (χ2v) is 4.72. The summed E-state index contributed by atoms with van der Waals surface area (Å²) in [4.78, 5) is 22.9. The molecule has 7 heteroatoms. The lowest BCUT2D eigenvalue weighted by Crippen LogP contribution is -2.20. The number of ether oxygens (including phenoxy) is 1. The van der Waals surface area contributed by atoms with Crippen LogP contribution in [0.4, 0.5) is 5.69 Å². The Morgan fingerprint density at radius 1 is 1.32 bits per heavy atom. The van der Waals surface area contributed by atoms with E-state index in [9.17, 15) is 9.59 Å². The number of nitrogens with two attached hydrogens (primary N) is 1. The SMILES string of the molecule is CCn1nc(C)cc1C(=O)Nc1ccc(OCC(N)=O)cc1. The Balaban J connectivity index is 2.03. The molecule has 0 spiro atoms. The predicted molar refractivity (Wildman–Crippen MR) is 81.7 cm³/mol. The molecule has 0 atom stereocenters. The van der Waals surface area contributed by atoms with Gasteiger partial charge in [-0.2, -0.15) is 5.10 Å². The van der Waals surface area contributed by atoms with E-state index in [1.54, 1.807) is 35.0 Å². The zero-order valence-electron chi connectivity index (χ0n) is 12.5. The van der Waals surface area contributed by atoms with Gasteiger partial charge in [0.15, 0.2) is 6.61 Å². The minimum atomic E-state index is -0.541. The summed E-state index contributed by atoms with van der Waals surface area (Å²) < 4.78 is 6.80. The van der Waals surface area contributed by atoms with Gasteiger partial charge in [0.2, 0.25) is 0 Å². The highest BCUT2D eigenvalue weighted by molar-refractivity contribution is 6.03. The molecular formula is C15H18N4O3. The topological polar surface area (TPSA) is 99.2 Å². The first kappa shape index (κ1) is 15.6. The zero-order valence-corrected chi connectivity index (χ0v) is 12.5. The van der Waals surface area contributed by atoms with Crippen LogP contribution in [0.5, 0.6) is 5.75 Å². The third kappa shape index (κ3) is 3.85. The third-order valence-corrected chi connectivity index (χ3v) is 2.93. The summed E-state index contributed by atoms with van der Waals surface area (Å²) in [6, 6.07) is 8.42. The number of nitrogens with zero attached hydrogens (tertiary/aromatic N) is 2. The molecule has 7 nitrogen and oxygen atoms in total. The monoisotopic (exact) mass is 302 g/mol. The molecule has 0 radical (unpaired) electrons. The lowest BCUT2D eigenvalue weighted by Gasteiger charge is -2.08. The molecule has 0 aliphatic carbocycles. The smallest absolute Gasteiger partial charge is 0.273 e. The van der Waals surface area contributed by atoms with Crippen molar-refractivity contribution in [2.75, 3.05) is 11.9 Å². The Morgan fingerprint density at radius 2 is 2.00 bits per heavy atom. The fourth-order valence-electron chi connectivity index (χ4n) is 1.95. The number of anilines is 1. The van der Waals surface area contributed by atoms with Crippen LogP contribution in [-0.4, -0.2) is 28.2 Å². The van der Waals surface area contributed by atoms with E-state index in [0.29, 0.717) is 23.7 Å². The Bertz CT molecular complexity index is 677. The highest BCUT2D eigenvalue weighted by Crippen LogP contribution is 2.16. The van der Waals surface area contributed by atoms with E-state index in [2.05, 4.69) is 10.4 Å². The van der Waals surface area contributed by atoms with Crippen LogP contribution in [0.3, 0.4) is 0 Å². The van der Waals surface area contributed by atoms with Crippen molar-refractivity contribution in [3.05, 3.63) is 41.7 Å². The fraction of sp³-hybridized carbons (Fsp3) is 0.267. The van der Waals surface area contributed by atoms with Crippen LogP contribution < -0.4 is 15.8 Å². The van der Waals surface area contributed by atoms with Crippen molar-refractivity contribution in [1.82, 2.24) is 9.78 Å². The first-order valence-electron chi connectivity index (χ1n) is 6.86. The van der Waals surface area contributed by atoms with Crippen LogP contribution in [-0.2, 0) is 11.3 Å². The zero-order chi connectivity index (χ0) is 16.1. The van der Waals surface area contributed by atoms with Gasteiger partial charge >= 0.3 is 0 Å². The molecule has 1 heterocycles. The summed E-state index contributed by atoms with van der Waals surface area (Å²) in [6.45, 7) is 4.21. The van der Waals surface area contributed by atoms with E-state index in [1.807, 2.05) is 13.8 Å². The van der Waals surface area contributed by atoms with Gasteiger partial charge in [0, 0.05) is 12.2 Å². The van der Waals surface area contributed by atoms with Crippen molar-refractivity contribution in [3.63, 3.8) is 0 Å². The number of aryl methyl sites for hydroxylation is 2. The van der Waals surface area contributed by atoms with Crippen molar-refractivity contribution in [2.45, 2.75) is 20.4 Å². The molecule has 22 heavy (non-hydrogen) atoms. The van der Waals surface area contributed by atoms with Gasteiger partial charge in [0.05, 0.1) is 5.69 Å². The number of rotatable bonds is 6. The van der Waals surface area contributed by atoms with E-state index in [-0.39, 0.29) is 12.5 Å². The Kier molecular flexibility index (Phi) is 4.77. The largest absolute Gasteiger partial charge is 0.484 e. The number of hydrogen-bond donors (Lipinski definition) is 2. The van der Waals surface area contributed by atoms with Gasteiger partial charge in [-0.3, -0.25) is 14.3 Å². The van der Waals surface area contributed by atoms with E-state index >= 15 is 0 Å². The maximum absolute atomic E-state index is 12.2. The van der Waals surface area contributed by atoms with Gasteiger partial charge in [-0.15, -0.1) is 0 Å². The molecule has 116 valence electrons. The molecule has 0 saturated carbocycles. The van der Waals surface area contributed by atoms with E-state index in [0.717, 1.165) is 5.69 Å². The Hall–Kier alpha value is -2.83. The summed E-state index contributed by atoms with van der Waals surface area (Å²) in [6.07, 6.45) is 0. The summed E-state index contributed by atoms with van der Waals surface area (Å²) in [5.74, 6) is -0.264. The lowest BCUT2D eigenvalue weighted by molar-refractivity contribution is -0.119. The summed E-state index contributed by atoms with van der Waals surface area (Å²) in [7, 11) is 0. The highest BCUT2D eigenvalue weighted by atomic mass is 16.5. The Labute approximate surface area is 128 Å². The van der Waals surface area contributed by atoms with Crippen molar-refractivity contribution in [2.24, 2.45) is 5.73 Å². The van der Waals surface area contributed by atoms with E-state index in [4.69, 9.17) is 10.5 Å². The van der Waals surface area contributed by atoms with Gasteiger partial charge in [-0.1, -0.05) is 0 Å². The van der Waals surface area contributed by atoms with Gasteiger partial charge < -0.3 is 15.8 Å². The molecule has 0 bridgehead atoms. The number of nitrogens with one attached hydrogen (secondary N) is 1. The molecular weight excluding hydrogens is 284 g/mol. The molecule has 0 aliphatic rings. The molecule has 2 rings (SSSR count). The van der Waals surface area contributed by atoms with Crippen LogP contribution >= 0.6 is 0 Å². The highest BCUT2D eigenvalue weighted by Gasteiger charge is 2.13. The number of primary amides is 1. The average molecular weight is 302 g/mol. The molecule has 0 aliphatic heterocycles. The standard InChI is InChI=1S/C15H18N4O3/c1-3-19-13(8-10(2)18-19)15(21)17-11-4-6-12(7-5-11)22-9-14(16)20/h4-8H,3,9H2,1-2H3,(H2,16,20)(H,17,21). The number of benzene rings is 1. The van der Waals surface area contributed by atoms with Crippen molar-refractivity contribution in [3.8, 4) is 5.75 Å². The molecule has 2 aromatic rings. The summed E-state index contributed by atoms with van der Waals surface area (Å²) >= 11 is 0. The van der Waals surface area contributed by atoms with Crippen molar-refractivity contribution < 1.29 is 14.3 Å². The molecule has 0 saturated heterocycles. The van der Waals surface area contributed by atoms with Crippen LogP contribution in [0.1, 0.15) is 23.1 Å². The van der Waals surface area contributed by atoms with E-state index in [1.165, 1.54) is 0 Å². The third-order valence-electron chi connectivity index (χ3n) is 2.93. The second-order valence-electron chi connectivity index (χ2n) is 4.72. The van der Waals surface area contributed by atoms with Gasteiger partial charge in [-0.05, 0) is 44.2 Å². The van der Waals surface area contributed by atoms with Crippen molar-refractivity contribution >= 4 is 17.5 Å². The first-order valence-corrected chi connectivity index (χ1v) is 6.86. The number of carbonyl (C=O) groups excluding carboxylic acids is 2. The predicted octanol–water partition coefficient (Wildman–Crippen LogP) is 1.33. The number of carbonyl (C=O) groups is 2. The molecule has 1 aromatic carbocycles. The molecule has 0 fully saturated rings. The van der Waals surface area contributed by atoms with Crippen LogP contribution in [0.15, 0.2) is 30.3 Å². The minimum Gasteiger partial charge on any atom is -0.484 e. The molecule has 0 unspecified atom stereocenters. The normalized spacial score (nSPS) is 10.3. The summed E-state index contributed by atoms with van der Waals surface area (Å²) in [5, 5.41) is 7.03. The number of amides is 2. The first-order chi connectivity index (χ1) is 10.5.